The Morgan fingerprint density at radius 3 is 2.54 bits per heavy atom. The molecule has 0 atom stereocenters. The van der Waals surface area contributed by atoms with Gasteiger partial charge in [0.1, 0.15) is 0 Å². The standard InChI is InChI=1S/C18H23N5O/c1-22-8-10-23(11-9-22)17-15-5-3-2-4-14(15)16(20-21-17)18(24)19-12-13-6-7-13/h2-5,13H,6-12H2,1H3,(H,19,24). The van der Waals surface area contributed by atoms with E-state index in [0.717, 1.165) is 49.3 Å². The number of hydrogen-bond donors (Lipinski definition) is 1. The highest BCUT2D eigenvalue weighted by molar-refractivity contribution is 6.07. The molecule has 6 heteroatoms. The summed E-state index contributed by atoms with van der Waals surface area (Å²) in [7, 11) is 2.13. The first-order valence-electron chi connectivity index (χ1n) is 8.69. The van der Waals surface area contributed by atoms with Crippen LogP contribution in [0.1, 0.15) is 23.3 Å². The Labute approximate surface area is 141 Å². The van der Waals surface area contributed by atoms with E-state index in [0.29, 0.717) is 11.6 Å². The van der Waals surface area contributed by atoms with Gasteiger partial charge in [0.25, 0.3) is 5.91 Å². The number of fused-ring (bicyclic) bond motifs is 1. The average molecular weight is 325 g/mol. The quantitative estimate of drug-likeness (QED) is 0.923. The van der Waals surface area contributed by atoms with Crippen molar-refractivity contribution in [3.05, 3.63) is 30.0 Å². The van der Waals surface area contributed by atoms with E-state index < -0.39 is 0 Å². The smallest absolute Gasteiger partial charge is 0.272 e. The third kappa shape index (κ3) is 3.06. The Hall–Kier alpha value is -2.21. The molecule has 2 fully saturated rings. The van der Waals surface area contributed by atoms with E-state index >= 15 is 0 Å². The Balaban J connectivity index is 1.65. The molecule has 0 spiro atoms. The highest BCUT2D eigenvalue weighted by Gasteiger charge is 2.24. The van der Waals surface area contributed by atoms with Crippen LogP contribution in [0.2, 0.25) is 0 Å². The van der Waals surface area contributed by atoms with Crippen molar-refractivity contribution in [1.82, 2.24) is 20.4 Å². The fourth-order valence-corrected chi connectivity index (χ4v) is 3.15. The Bertz CT molecular complexity index is 750. The van der Waals surface area contributed by atoms with E-state index in [9.17, 15) is 4.79 Å². The second-order valence-corrected chi connectivity index (χ2v) is 6.86. The van der Waals surface area contributed by atoms with Gasteiger partial charge in [0.2, 0.25) is 0 Å². The van der Waals surface area contributed by atoms with E-state index in [1.807, 2.05) is 24.3 Å². The third-order valence-electron chi connectivity index (χ3n) is 4.93. The van der Waals surface area contributed by atoms with Gasteiger partial charge in [-0.05, 0) is 25.8 Å². The minimum absolute atomic E-state index is 0.115. The molecule has 0 unspecified atom stereocenters. The first-order chi connectivity index (χ1) is 11.7. The van der Waals surface area contributed by atoms with Crippen LogP contribution < -0.4 is 10.2 Å². The highest BCUT2D eigenvalue weighted by atomic mass is 16.1. The molecule has 1 aromatic heterocycles. The van der Waals surface area contributed by atoms with Gasteiger partial charge in [-0.2, -0.15) is 0 Å². The lowest BCUT2D eigenvalue weighted by molar-refractivity contribution is 0.0947. The van der Waals surface area contributed by atoms with Crippen molar-refractivity contribution in [3.63, 3.8) is 0 Å². The Morgan fingerprint density at radius 1 is 1.12 bits per heavy atom. The molecule has 24 heavy (non-hydrogen) atoms. The van der Waals surface area contributed by atoms with Crippen LogP contribution in [0.5, 0.6) is 0 Å². The van der Waals surface area contributed by atoms with Crippen molar-refractivity contribution in [2.45, 2.75) is 12.8 Å². The molecule has 1 amide bonds. The first-order valence-corrected chi connectivity index (χ1v) is 8.69. The monoisotopic (exact) mass is 325 g/mol. The number of rotatable bonds is 4. The molecular formula is C18H23N5O. The molecule has 6 nitrogen and oxygen atoms in total. The topological polar surface area (TPSA) is 61.4 Å². The Morgan fingerprint density at radius 2 is 1.83 bits per heavy atom. The van der Waals surface area contributed by atoms with Gasteiger partial charge in [-0.1, -0.05) is 24.3 Å². The van der Waals surface area contributed by atoms with Gasteiger partial charge in [0.15, 0.2) is 11.5 Å². The predicted octanol–water partition coefficient (Wildman–Crippen LogP) is 1.52. The normalized spacial score (nSPS) is 18.8. The number of carbonyl (C=O) groups is 1. The van der Waals surface area contributed by atoms with E-state index in [-0.39, 0.29) is 5.91 Å². The molecule has 0 bridgehead atoms. The second-order valence-electron chi connectivity index (χ2n) is 6.86. The fourth-order valence-electron chi connectivity index (χ4n) is 3.15. The van der Waals surface area contributed by atoms with Crippen molar-refractivity contribution in [3.8, 4) is 0 Å². The number of benzene rings is 1. The average Bonchev–Trinajstić information content (AvgIpc) is 3.44. The SMILES string of the molecule is CN1CCN(c2nnc(C(=O)NCC3CC3)c3ccccc23)CC1. The van der Waals surface area contributed by atoms with Gasteiger partial charge in [-0.25, -0.2) is 0 Å². The van der Waals surface area contributed by atoms with Gasteiger partial charge in [-0.3, -0.25) is 4.79 Å². The summed E-state index contributed by atoms with van der Waals surface area (Å²) in [6.45, 7) is 4.64. The summed E-state index contributed by atoms with van der Waals surface area (Å²) in [6.07, 6.45) is 2.43. The first kappa shape index (κ1) is 15.3. The summed E-state index contributed by atoms with van der Waals surface area (Å²) in [5.41, 5.74) is 0.434. The van der Waals surface area contributed by atoms with Crippen molar-refractivity contribution < 1.29 is 4.79 Å². The van der Waals surface area contributed by atoms with Gasteiger partial charge in [-0.15, -0.1) is 10.2 Å². The van der Waals surface area contributed by atoms with Gasteiger partial charge >= 0.3 is 0 Å². The summed E-state index contributed by atoms with van der Waals surface area (Å²) < 4.78 is 0. The van der Waals surface area contributed by atoms with Gasteiger partial charge < -0.3 is 15.1 Å². The zero-order valence-corrected chi connectivity index (χ0v) is 14.0. The number of nitrogens with zero attached hydrogens (tertiary/aromatic N) is 4. The summed E-state index contributed by atoms with van der Waals surface area (Å²) in [6, 6.07) is 7.95. The number of aromatic nitrogens is 2. The van der Waals surface area contributed by atoms with Crippen molar-refractivity contribution >= 4 is 22.5 Å². The lowest BCUT2D eigenvalue weighted by Gasteiger charge is -2.33. The number of carbonyl (C=O) groups excluding carboxylic acids is 1. The number of likely N-dealkylation sites (N-methyl/N-ethyl adjacent to an activating group) is 1. The van der Waals surface area contributed by atoms with Gasteiger partial charge in [0, 0.05) is 43.5 Å². The van der Waals surface area contributed by atoms with Gasteiger partial charge in [0.05, 0.1) is 0 Å². The van der Waals surface area contributed by atoms with E-state index in [1.165, 1.54) is 12.8 Å². The molecular weight excluding hydrogens is 302 g/mol. The van der Waals surface area contributed by atoms with Crippen LogP contribution in [0.25, 0.3) is 10.8 Å². The third-order valence-corrected chi connectivity index (χ3v) is 4.93. The van der Waals surface area contributed by atoms with Crippen LogP contribution in [0.15, 0.2) is 24.3 Å². The van der Waals surface area contributed by atoms with E-state index in [1.54, 1.807) is 0 Å². The summed E-state index contributed by atoms with van der Waals surface area (Å²) in [4.78, 5) is 17.1. The molecule has 2 aliphatic rings. The summed E-state index contributed by atoms with van der Waals surface area (Å²) in [5, 5.41) is 13.6. The maximum Gasteiger partial charge on any atom is 0.272 e. The maximum absolute atomic E-state index is 12.5. The minimum Gasteiger partial charge on any atom is -0.352 e. The number of nitrogens with one attached hydrogen (secondary N) is 1. The summed E-state index contributed by atoms with van der Waals surface area (Å²) >= 11 is 0. The lowest BCUT2D eigenvalue weighted by Crippen LogP contribution is -2.45. The number of anilines is 1. The fraction of sp³-hybridized carbons (Fsp3) is 0.500. The van der Waals surface area contributed by atoms with Crippen LogP contribution in [-0.4, -0.2) is 60.8 Å². The maximum atomic E-state index is 12.5. The zero-order valence-electron chi connectivity index (χ0n) is 14.0. The molecule has 126 valence electrons. The second kappa shape index (κ2) is 6.36. The molecule has 1 saturated heterocycles. The van der Waals surface area contributed by atoms with Crippen molar-refractivity contribution in [2.75, 3.05) is 44.7 Å². The molecule has 1 aliphatic heterocycles. The predicted molar refractivity (Wildman–Crippen MR) is 94.3 cm³/mol. The largest absolute Gasteiger partial charge is 0.352 e. The van der Waals surface area contributed by atoms with Crippen LogP contribution in [0.4, 0.5) is 5.82 Å². The lowest BCUT2D eigenvalue weighted by atomic mass is 10.1. The molecule has 1 saturated carbocycles. The highest BCUT2D eigenvalue weighted by Crippen LogP contribution is 2.29. The molecule has 4 rings (SSSR count). The number of amides is 1. The van der Waals surface area contributed by atoms with Crippen molar-refractivity contribution in [2.24, 2.45) is 5.92 Å². The van der Waals surface area contributed by atoms with Crippen LogP contribution >= 0.6 is 0 Å². The molecule has 2 aromatic rings. The number of hydrogen-bond acceptors (Lipinski definition) is 5. The van der Waals surface area contributed by atoms with E-state index in [4.69, 9.17) is 0 Å². The summed E-state index contributed by atoms with van der Waals surface area (Å²) in [5.74, 6) is 1.42. The Kier molecular flexibility index (Phi) is 4.06. The van der Waals surface area contributed by atoms with Crippen LogP contribution in [-0.2, 0) is 0 Å². The molecule has 1 aromatic carbocycles. The van der Waals surface area contributed by atoms with Crippen molar-refractivity contribution in [1.29, 1.82) is 0 Å². The zero-order chi connectivity index (χ0) is 16.5. The molecule has 1 aliphatic carbocycles. The minimum atomic E-state index is -0.115. The molecule has 0 radical (unpaired) electrons. The van der Waals surface area contributed by atoms with Crippen LogP contribution in [0.3, 0.4) is 0 Å². The molecule has 2 heterocycles. The molecule has 1 N–H and O–H groups in total. The van der Waals surface area contributed by atoms with Crippen LogP contribution in [0, 0.1) is 5.92 Å². The van der Waals surface area contributed by atoms with E-state index in [2.05, 4.69) is 32.4 Å². The number of piperazine rings is 1.